The van der Waals surface area contributed by atoms with E-state index >= 15 is 0 Å². The fourth-order valence-corrected chi connectivity index (χ4v) is 7.01. The highest BCUT2D eigenvalue weighted by molar-refractivity contribution is 7.50. The third kappa shape index (κ3) is 28.2. The molecule has 0 spiro atoms. The topological polar surface area (TPSA) is 49.8 Å². The Balaban J connectivity index is 3.84. The fourth-order valence-electron chi connectivity index (χ4n) is 5.63. The quantitative estimate of drug-likeness (QED) is 0.0601. The summed E-state index contributed by atoms with van der Waals surface area (Å²) in [5.74, 6) is 0. The van der Waals surface area contributed by atoms with Crippen molar-refractivity contribution in [3.05, 3.63) is 0 Å². The largest absolute Gasteiger partial charge is 0.405 e. The van der Waals surface area contributed by atoms with Crippen LogP contribution in [0.4, 0.5) is 0 Å². The maximum absolute atomic E-state index is 12.9. The van der Waals surface area contributed by atoms with Crippen LogP contribution >= 0.6 is 7.75 Å². The van der Waals surface area contributed by atoms with E-state index in [0.717, 1.165) is 32.1 Å². The van der Waals surface area contributed by atoms with Crippen LogP contribution in [-0.4, -0.2) is 29.3 Å². The Hall–Kier alpha value is 0.110. The average molecular weight is 588 g/mol. The summed E-state index contributed by atoms with van der Waals surface area (Å²) in [6.07, 6.45) is 38.0. The highest BCUT2D eigenvalue weighted by Crippen LogP contribution is 2.46. The van der Waals surface area contributed by atoms with Crippen molar-refractivity contribution >= 4 is 7.75 Å². The van der Waals surface area contributed by atoms with Gasteiger partial charge in [0.25, 0.3) is 0 Å². The van der Waals surface area contributed by atoms with Crippen LogP contribution in [-0.2, 0) is 9.09 Å². The van der Waals surface area contributed by atoms with Crippen LogP contribution in [0, 0.1) is 0 Å². The van der Waals surface area contributed by atoms with Crippen molar-refractivity contribution in [2.75, 3.05) is 19.7 Å². The van der Waals surface area contributed by atoms with Gasteiger partial charge in [0.1, 0.15) is 0 Å². The Kier molecular flexibility index (Phi) is 32.1. The van der Waals surface area contributed by atoms with Crippen molar-refractivity contribution in [3.8, 4) is 0 Å². The number of rotatable bonds is 34. The summed E-state index contributed by atoms with van der Waals surface area (Å²) in [6.45, 7) is 8.30. The molecule has 0 bridgehead atoms. The Morgan fingerprint density at radius 3 is 0.925 bits per heavy atom. The first-order valence-corrected chi connectivity index (χ1v) is 19.8. The van der Waals surface area contributed by atoms with E-state index in [1.807, 2.05) is 6.92 Å². The van der Waals surface area contributed by atoms with Crippen LogP contribution in [0.15, 0.2) is 0 Å². The number of unbranched alkanes of at least 4 members (excludes halogenated alkanes) is 26. The Bertz CT molecular complexity index is 499. The Labute approximate surface area is 252 Å². The minimum Gasteiger partial charge on any atom is -0.312 e. The maximum atomic E-state index is 12.9. The van der Waals surface area contributed by atoms with Crippen LogP contribution in [0.5, 0.6) is 0 Å². The van der Waals surface area contributed by atoms with Gasteiger partial charge in [-0.15, -0.1) is 0 Å². The first-order chi connectivity index (χ1) is 19.6. The van der Waals surface area contributed by atoms with Gasteiger partial charge in [-0.25, -0.2) is 9.24 Å². The van der Waals surface area contributed by atoms with E-state index in [1.54, 1.807) is 4.67 Å². The van der Waals surface area contributed by atoms with Gasteiger partial charge in [-0.05, 0) is 19.3 Å². The molecule has 4 nitrogen and oxygen atoms in total. The molecule has 0 aromatic heterocycles. The SMILES string of the molecule is CCCCCCCCCCCCCCCCN(CCCCCCCCCCCCCCCC)P(=O)(O)OCCC. The molecule has 0 aromatic rings. The minimum atomic E-state index is -3.66. The molecule has 0 aliphatic heterocycles. The summed E-state index contributed by atoms with van der Waals surface area (Å²) in [6, 6.07) is 0. The summed E-state index contributed by atoms with van der Waals surface area (Å²) in [5, 5.41) is 0. The summed E-state index contributed by atoms with van der Waals surface area (Å²) >= 11 is 0. The second kappa shape index (κ2) is 32.0. The Morgan fingerprint density at radius 2 is 0.675 bits per heavy atom. The zero-order chi connectivity index (χ0) is 29.4. The van der Waals surface area contributed by atoms with Crippen LogP contribution in [0.25, 0.3) is 0 Å². The van der Waals surface area contributed by atoms with Gasteiger partial charge in [0.15, 0.2) is 0 Å². The molecule has 0 saturated heterocycles. The van der Waals surface area contributed by atoms with Crippen molar-refractivity contribution in [1.82, 2.24) is 4.67 Å². The van der Waals surface area contributed by atoms with Crippen LogP contribution in [0.3, 0.4) is 0 Å². The normalized spacial score (nSPS) is 13.3. The van der Waals surface area contributed by atoms with Crippen molar-refractivity contribution in [3.63, 3.8) is 0 Å². The van der Waals surface area contributed by atoms with E-state index in [2.05, 4.69) is 13.8 Å². The molecule has 40 heavy (non-hydrogen) atoms. The zero-order valence-corrected chi connectivity index (χ0v) is 28.7. The van der Waals surface area contributed by atoms with Crippen LogP contribution in [0.2, 0.25) is 0 Å². The molecule has 0 rings (SSSR count). The second-order valence-electron chi connectivity index (χ2n) is 12.5. The predicted octanol–water partition coefficient (Wildman–Crippen LogP) is 12.8. The van der Waals surface area contributed by atoms with E-state index in [1.165, 1.54) is 154 Å². The lowest BCUT2D eigenvalue weighted by molar-refractivity contribution is 0.197. The lowest BCUT2D eigenvalue weighted by Crippen LogP contribution is -2.24. The van der Waals surface area contributed by atoms with E-state index in [9.17, 15) is 9.46 Å². The van der Waals surface area contributed by atoms with Crippen LogP contribution in [0.1, 0.15) is 207 Å². The van der Waals surface area contributed by atoms with Crippen molar-refractivity contribution in [1.29, 1.82) is 0 Å². The molecule has 0 heterocycles. The van der Waals surface area contributed by atoms with Crippen molar-refractivity contribution in [2.45, 2.75) is 207 Å². The third-order valence-corrected chi connectivity index (χ3v) is 9.99. The first kappa shape index (κ1) is 40.1. The smallest absolute Gasteiger partial charge is 0.312 e. The molecule has 1 atom stereocenters. The van der Waals surface area contributed by atoms with E-state index in [0.29, 0.717) is 19.7 Å². The van der Waals surface area contributed by atoms with Gasteiger partial charge in [-0.2, -0.15) is 0 Å². The fraction of sp³-hybridized carbons (Fsp3) is 1.00. The van der Waals surface area contributed by atoms with Crippen LogP contribution < -0.4 is 0 Å². The van der Waals surface area contributed by atoms with Gasteiger partial charge in [0, 0.05) is 13.1 Å². The van der Waals surface area contributed by atoms with E-state index in [-0.39, 0.29) is 0 Å². The summed E-state index contributed by atoms with van der Waals surface area (Å²) in [5.41, 5.74) is 0. The molecule has 0 amide bonds. The zero-order valence-electron chi connectivity index (χ0n) is 27.8. The second-order valence-corrected chi connectivity index (χ2v) is 14.3. The number of hydrogen-bond donors (Lipinski definition) is 1. The summed E-state index contributed by atoms with van der Waals surface area (Å²) in [4.78, 5) is 10.6. The molecule has 0 aliphatic rings. The van der Waals surface area contributed by atoms with Gasteiger partial charge < -0.3 is 4.89 Å². The number of nitrogens with zero attached hydrogens (tertiary/aromatic N) is 1. The van der Waals surface area contributed by atoms with Gasteiger partial charge in [0.2, 0.25) is 0 Å². The molecule has 242 valence electrons. The number of hydrogen-bond acceptors (Lipinski definition) is 2. The molecular formula is C35H74NO3P. The van der Waals surface area contributed by atoms with E-state index < -0.39 is 7.75 Å². The maximum Gasteiger partial charge on any atom is 0.405 e. The molecular weight excluding hydrogens is 513 g/mol. The van der Waals surface area contributed by atoms with Gasteiger partial charge in [-0.1, -0.05) is 188 Å². The Morgan fingerprint density at radius 1 is 0.425 bits per heavy atom. The molecule has 1 N–H and O–H groups in total. The summed E-state index contributed by atoms with van der Waals surface area (Å²) in [7, 11) is -3.66. The molecule has 0 radical (unpaired) electrons. The summed E-state index contributed by atoms with van der Waals surface area (Å²) < 4.78 is 20.0. The monoisotopic (exact) mass is 588 g/mol. The molecule has 0 fully saturated rings. The molecule has 1 unspecified atom stereocenters. The van der Waals surface area contributed by atoms with E-state index in [4.69, 9.17) is 4.52 Å². The van der Waals surface area contributed by atoms with Gasteiger partial charge in [0.05, 0.1) is 6.61 Å². The minimum absolute atomic E-state index is 0.363. The first-order valence-electron chi connectivity index (χ1n) is 18.3. The molecule has 0 aromatic carbocycles. The lowest BCUT2D eigenvalue weighted by atomic mass is 10.0. The lowest BCUT2D eigenvalue weighted by Gasteiger charge is -2.26. The van der Waals surface area contributed by atoms with Gasteiger partial charge >= 0.3 is 7.75 Å². The molecule has 5 heteroatoms. The highest BCUT2D eigenvalue weighted by atomic mass is 31.2. The average Bonchev–Trinajstić information content (AvgIpc) is 2.95. The van der Waals surface area contributed by atoms with Gasteiger partial charge in [-0.3, -0.25) is 4.52 Å². The third-order valence-electron chi connectivity index (χ3n) is 8.36. The van der Waals surface area contributed by atoms with Crippen molar-refractivity contribution in [2.24, 2.45) is 0 Å². The molecule has 0 saturated carbocycles. The standard InChI is InChI=1S/C35H74NO3P/c1-4-7-9-11-13-15-17-19-21-23-25-27-29-31-33-36(40(37,38)39-35-6-3)34-32-30-28-26-24-22-20-18-16-14-12-10-8-5-2/h4-35H2,1-3H3,(H,37,38). The highest BCUT2D eigenvalue weighted by Gasteiger charge is 2.28. The predicted molar refractivity (Wildman–Crippen MR) is 178 cm³/mol. The molecule has 0 aliphatic carbocycles. The van der Waals surface area contributed by atoms with Crippen molar-refractivity contribution < 1.29 is 14.0 Å².